The van der Waals surface area contributed by atoms with Crippen molar-refractivity contribution in [3.05, 3.63) is 23.6 Å². The monoisotopic (exact) mass is 90.0 g/mol. The highest BCUT2D eigenvalue weighted by Gasteiger charge is 2.33. The summed E-state index contributed by atoms with van der Waals surface area (Å²) >= 11 is 0. The van der Waals surface area contributed by atoms with Gasteiger partial charge in [-0.2, -0.15) is 0 Å². The minimum atomic E-state index is 0.848. The Morgan fingerprint density at radius 1 is 1.14 bits per heavy atom. The third kappa shape index (κ3) is 0.381. The van der Waals surface area contributed by atoms with E-state index in [1.165, 1.54) is 6.42 Å². The average Bonchev–Trinajstić information content (AvgIpc) is 2.41. The molecule has 0 heteroatoms. The van der Waals surface area contributed by atoms with Crippen LogP contribution >= 0.6 is 0 Å². The van der Waals surface area contributed by atoms with E-state index in [1.807, 2.05) is 0 Å². The lowest BCUT2D eigenvalue weighted by Gasteiger charge is -1.79. The molecular formula is C7H6. The molecule has 34 valence electrons. The Labute approximate surface area is 42.8 Å². The molecule has 0 aliphatic heterocycles. The van der Waals surface area contributed by atoms with Crippen LogP contribution in [0.25, 0.3) is 0 Å². The molecule has 2 rings (SSSR count). The van der Waals surface area contributed by atoms with E-state index in [9.17, 15) is 0 Å². The molecule has 0 N–H and O–H groups in total. The van der Waals surface area contributed by atoms with Gasteiger partial charge in [-0.05, 0) is 30.4 Å². The van der Waals surface area contributed by atoms with Crippen molar-refractivity contribution in [3.63, 3.8) is 0 Å². The fourth-order valence-electron chi connectivity index (χ4n) is 0.929. The quantitative estimate of drug-likeness (QED) is 0.395. The first-order valence-electron chi connectivity index (χ1n) is 2.64. The maximum absolute atomic E-state index is 2.95. The Morgan fingerprint density at radius 2 is 1.71 bits per heavy atom. The van der Waals surface area contributed by atoms with Gasteiger partial charge in [-0.25, -0.2) is 0 Å². The van der Waals surface area contributed by atoms with E-state index in [4.69, 9.17) is 0 Å². The summed E-state index contributed by atoms with van der Waals surface area (Å²) in [5, 5.41) is 0. The van der Waals surface area contributed by atoms with Crippen molar-refractivity contribution in [2.45, 2.75) is 6.42 Å². The summed E-state index contributed by atoms with van der Waals surface area (Å²) in [5.74, 6) is 1.70. The number of rotatable bonds is 0. The van der Waals surface area contributed by atoms with E-state index < -0.39 is 0 Å². The Morgan fingerprint density at radius 3 is 2.14 bits per heavy atom. The summed E-state index contributed by atoms with van der Waals surface area (Å²) in [4.78, 5) is 0. The van der Waals surface area contributed by atoms with Crippen LogP contribution in [-0.2, 0) is 0 Å². The first-order valence-corrected chi connectivity index (χ1v) is 2.64. The Balaban J connectivity index is 2.51. The van der Waals surface area contributed by atoms with Gasteiger partial charge in [-0.1, -0.05) is 11.5 Å². The van der Waals surface area contributed by atoms with Crippen LogP contribution in [0.15, 0.2) is 23.6 Å². The molecule has 1 saturated carbocycles. The van der Waals surface area contributed by atoms with Crippen LogP contribution in [0.1, 0.15) is 6.42 Å². The zero-order chi connectivity index (χ0) is 4.69. The predicted octanol–water partition coefficient (Wildman–Crippen LogP) is 1.50. The molecule has 0 aromatic carbocycles. The minimum absolute atomic E-state index is 0.848. The molecule has 0 aromatic rings. The number of allylic oxidation sites excluding steroid dienone is 2. The first kappa shape index (κ1) is 3.32. The van der Waals surface area contributed by atoms with E-state index in [0.29, 0.717) is 0 Å². The average molecular weight is 90.1 g/mol. The summed E-state index contributed by atoms with van der Waals surface area (Å²) in [6.07, 6.45) is 5.58. The predicted molar refractivity (Wildman–Crippen MR) is 27.8 cm³/mol. The van der Waals surface area contributed by atoms with Crippen molar-refractivity contribution in [3.8, 4) is 0 Å². The molecule has 0 nitrogen and oxygen atoms in total. The summed E-state index contributed by atoms with van der Waals surface area (Å²) in [7, 11) is 0. The Kier molecular flexibility index (Phi) is 0.438. The maximum atomic E-state index is 2.95. The molecule has 2 atom stereocenters. The van der Waals surface area contributed by atoms with E-state index in [1.54, 1.807) is 0 Å². The van der Waals surface area contributed by atoms with Crippen LogP contribution in [0.5, 0.6) is 0 Å². The molecule has 0 spiro atoms. The normalized spacial score (nSPS) is 41.1. The summed E-state index contributed by atoms with van der Waals surface area (Å²) < 4.78 is 0. The van der Waals surface area contributed by atoms with Crippen molar-refractivity contribution >= 4 is 0 Å². The Hall–Kier alpha value is -0.700. The smallest absolute Gasteiger partial charge is 0.00755 e. The molecule has 0 amide bonds. The highest BCUT2D eigenvalue weighted by Crippen LogP contribution is 2.41. The minimum Gasteiger partial charge on any atom is -0.0746 e. The van der Waals surface area contributed by atoms with Gasteiger partial charge in [-0.3, -0.25) is 0 Å². The van der Waals surface area contributed by atoms with Crippen molar-refractivity contribution in [1.82, 2.24) is 0 Å². The van der Waals surface area contributed by atoms with Gasteiger partial charge in [0.15, 0.2) is 0 Å². The van der Waals surface area contributed by atoms with Gasteiger partial charge in [0, 0.05) is 0 Å². The molecule has 0 radical (unpaired) electrons. The van der Waals surface area contributed by atoms with E-state index >= 15 is 0 Å². The van der Waals surface area contributed by atoms with E-state index in [-0.39, 0.29) is 0 Å². The summed E-state index contributed by atoms with van der Waals surface area (Å²) in [6.45, 7) is 0. The van der Waals surface area contributed by atoms with Crippen LogP contribution in [0, 0.1) is 11.8 Å². The van der Waals surface area contributed by atoms with Crippen LogP contribution in [0.4, 0.5) is 0 Å². The Bertz CT molecular complexity index is 156. The second-order valence-electron chi connectivity index (χ2n) is 2.19. The molecule has 1 fully saturated rings. The van der Waals surface area contributed by atoms with Gasteiger partial charge in [0.25, 0.3) is 0 Å². The fourth-order valence-corrected chi connectivity index (χ4v) is 0.929. The molecule has 2 aliphatic carbocycles. The number of fused-ring (bicyclic) bond motifs is 1. The van der Waals surface area contributed by atoms with Crippen molar-refractivity contribution in [2.24, 2.45) is 11.8 Å². The zero-order valence-electron chi connectivity index (χ0n) is 4.02. The molecule has 2 unspecified atom stereocenters. The molecule has 0 heterocycles. The van der Waals surface area contributed by atoms with Gasteiger partial charge < -0.3 is 0 Å². The fraction of sp³-hybridized carbons (Fsp3) is 0.429. The highest BCUT2D eigenvalue weighted by atomic mass is 14.4. The largest absolute Gasteiger partial charge is 0.0746 e. The lowest BCUT2D eigenvalue weighted by atomic mass is 10.2. The maximum Gasteiger partial charge on any atom is -0.00755 e. The van der Waals surface area contributed by atoms with Gasteiger partial charge in [0.2, 0.25) is 0 Å². The summed E-state index contributed by atoms with van der Waals surface area (Å²) in [5.41, 5.74) is 5.89. The lowest BCUT2D eigenvalue weighted by Crippen LogP contribution is -1.70. The van der Waals surface area contributed by atoms with Gasteiger partial charge in [0.1, 0.15) is 0 Å². The highest BCUT2D eigenvalue weighted by molar-refractivity contribution is 5.13. The van der Waals surface area contributed by atoms with E-state index in [0.717, 1.165) is 11.8 Å². The van der Waals surface area contributed by atoms with Crippen LogP contribution in [0.2, 0.25) is 0 Å². The topological polar surface area (TPSA) is 0 Å². The second kappa shape index (κ2) is 0.924. The number of hydrogen-bond acceptors (Lipinski definition) is 0. The SMILES string of the molecule is C1=C=CC2CC2C=1. The summed E-state index contributed by atoms with van der Waals surface area (Å²) in [6, 6.07) is 0. The standard InChI is InChI=1S/C7H6/c1-2-4-7-5-6(7)3-1/h3-4,6-7H,5H2. The molecule has 0 saturated heterocycles. The number of hydrogen-bond donors (Lipinski definition) is 0. The third-order valence-corrected chi connectivity index (χ3v) is 1.57. The lowest BCUT2D eigenvalue weighted by molar-refractivity contribution is 0.989. The van der Waals surface area contributed by atoms with Crippen LogP contribution in [0.3, 0.4) is 0 Å². The molecular weight excluding hydrogens is 84.1 g/mol. The molecule has 2 aliphatic rings. The third-order valence-electron chi connectivity index (χ3n) is 1.57. The van der Waals surface area contributed by atoms with Crippen LogP contribution < -0.4 is 0 Å². The molecule has 7 heavy (non-hydrogen) atoms. The van der Waals surface area contributed by atoms with Crippen molar-refractivity contribution in [1.29, 1.82) is 0 Å². The second-order valence-corrected chi connectivity index (χ2v) is 2.19. The van der Waals surface area contributed by atoms with Gasteiger partial charge in [-0.15, -0.1) is 0 Å². The van der Waals surface area contributed by atoms with Crippen molar-refractivity contribution < 1.29 is 0 Å². The first-order chi connectivity index (χ1) is 3.47. The van der Waals surface area contributed by atoms with Gasteiger partial charge >= 0.3 is 0 Å². The molecule has 0 bridgehead atoms. The van der Waals surface area contributed by atoms with Gasteiger partial charge in [0.05, 0.1) is 0 Å². The van der Waals surface area contributed by atoms with E-state index in [2.05, 4.69) is 23.6 Å². The van der Waals surface area contributed by atoms with Crippen LogP contribution in [-0.4, -0.2) is 0 Å². The van der Waals surface area contributed by atoms with Crippen molar-refractivity contribution in [2.75, 3.05) is 0 Å². The molecule has 0 aromatic heterocycles. The zero-order valence-corrected chi connectivity index (χ0v) is 4.02.